The van der Waals surface area contributed by atoms with Gasteiger partial charge in [-0.2, -0.15) is 0 Å². The lowest BCUT2D eigenvalue weighted by Gasteiger charge is -2.52. The van der Waals surface area contributed by atoms with Crippen LogP contribution in [0.2, 0.25) is 0 Å². The van der Waals surface area contributed by atoms with Crippen LogP contribution >= 0.6 is 25.8 Å². The van der Waals surface area contributed by atoms with Crippen molar-refractivity contribution in [2.75, 3.05) is 19.8 Å². The zero-order valence-corrected chi connectivity index (χ0v) is 34.8. The third kappa shape index (κ3) is 12.7. The highest BCUT2D eigenvalue weighted by Gasteiger charge is 2.57. The Bertz CT molecular complexity index is 1200. The Morgan fingerprint density at radius 2 is 0.680 bits per heavy atom. The van der Waals surface area contributed by atoms with Crippen molar-refractivity contribution in [1.82, 2.24) is 0 Å². The van der Waals surface area contributed by atoms with Gasteiger partial charge in [0.05, 0.1) is 25.2 Å². The highest BCUT2D eigenvalue weighted by atomic mass is 31.2. The molecule has 0 saturated heterocycles. The van der Waals surface area contributed by atoms with Crippen molar-refractivity contribution in [3.63, 3.8) is 0 Å². The molecule has 2 aromatic carbocycles. The molecule has 0 aliphatic heterocycles. The van der Waals surface area contributed by atoms with Gasteiger partial charge in [0.1, 0.15) is 5.60 Å². The predicted molar refractivity (Wildman–Crippen MR) is 201 cm³/mol. The molecule has 0 aliphatic rings. The molecule has 290 valence electrons. The van der Waals surface area contributed by atoms with Crippen LogP contribution in [0.5, 0.6) is 0 Å². The maximum atomic E-state index is 13.7. The third-order valence-corrected chi connectivity index (χ3v) is 9.51. The van der Waals surface area contributed by atoms with Crippen LogP contribution in [-0.2, 0) is 31.6 Å². The van der Waals surface area contributed by atoms with Gasteiger partial charge in [-0.1, -0.05) is 118 Å². The molecule has 15 heteroatoms. The van der Waals surface area contributed by atoms with Gasteiger partial charge >= 0.3 is 25.8 Å². The number of rotatable bonds is 8. The standard InChI is InChI=1S/C35H56O4.H4O5P2.H3O3P/c1-22-15-24(30(3,4)5)28(25(16-22)31(6,7)8)35(39,34(19-36,20-37)21-38)29-26(32(9,10)11)17-23(2)18-27(29)33(12,13)14;1-6(2)5-7(3)4;1-4(2)3/h15-18,36-39H,19-21H2,1-14H3;1-4H;1-3H. The first-order valence-corrected chi connectivity index (χ1v) is 19.6. The minimum absolute atomic E-state index is 0.379. The zero-order valence-electron chi connectivity index (χ0n) is 32.1. The first-order valence-electron chi connectivity index (χ1n) is 16.1. The Morgan fingerprint density at radius 1 is 0.480 bits per heavy atom. The number of hydrogen-bond acceptors (Lipinski definition) is 12. The van der Waals surface area contributed by atoms with Gasteiger partial charge in [-0.25, -0.2) is 4.31 Å². The van der Waals surface area contributed by atoms with Crippen LogP contribution in [0, 0.1) is 19.3 Å². The van der Waals surface area contributed by atoms with Gasteiger partial charge in [0.15, 0.2) is 0 Å². The summed E-state index contributed by atoms with van der Waals surface area (Å²) in [5, 5.41) is 46.9. The summed E-state index contributed by atoms with van der Waals surface area (Å²) in [4.78, 5) is 53.0. The Labute approximate surface area is 302 Å². The first-order chi connectivity index (χ1) is 22.3. The molecule has 0 atom stereocenters. The number of aryl methyl sites for hydroxylation is 2. The van der Waals surface area contributed by atoms with Crippen molar-refractivity contribution in [3.05, 3.63) is 68.8 Å². The quantitative estimate of drug-likeness (QED) is 0.154. The van der Waals surface area contributed by atoms with E-state index in [0.717, 1.165) is 33.4 Å². The fraction of sp³-hybridized carbons (Fsp3) is 0.657. The van der Waals surface area contributed by atoms with Gasteiger partial charge in [-0.15, -0.1) is 0 Å². The van der Waals surface area contributed by atoms with Crippen LogP contribution < -0.4 is 0 Å². The molecule has 0 bridgehead atoms. The largest absolute Gasteiger partial charge is 0.395 e. The first kappa shape index (κ1) is 49.2. The lowest BCUT2D eigenvalue weighted by Crippen LogP contribution is -2.57. The van der Waals surface area contributed by atoms with E-state index in [4.69, 9.17) is 34.3 Å². The molecule has 2 aromatic rings. The Hall–Kier alpha value is -0.750. The SMILES string of the molecule is Cc1cc(C(C)(C)C)c(C(O)(c2c(C(C)(C)C)cc(C)cc2C(C)(C)C)C(CO)(CO)CO)c(C(C)(C)C)c1.OP(O)O.OP(O)OP(O)O. The fourth-order valence-electron chi connectivity index (χ4n) is 5.93. The lowest BCUT2D eigenvalue weighted by molar-refractivity contribution is -0.138. The zero-order chi connectivity index (χ0) is 40.0. The smallest absolute Gasteiger partial charge is 0.334 e. The van der Waals surface area contributed by atoms with Gasteiger partial charge in [-0.05, 0) is 68.9 Å². The van der Waals surface area contributed by atoms with Crippen LogP contribution in [0.25, 0.3) is 0 Å². The average molecular weight is 769 g/mol. The van der Waals surface area contributed by atoms with Crippen molar-refractivity contribution in [1.29, 1.82) is 0 Å². The minimum Gasteiger partial charge on any atom is -0.395 e. The number of aliphatic hydroxyl groups excluding tert-OH is 3. The normalized spacial score (nSPS) is 13.4. The number of aliphatic hydroxyl groups is 4. The Kier molecular flexibility index (Phi) is 18.2. The summed E-state index contributed by atoms with van der Waals surface area (Å²) in [6.45, 7) is 27.9. The summed E-state index contributed by atoms with van der Waals surface area (Å²) in [7, 11) is -7.84. The monoisotopic (exact) mass is 768 g/mol. The van der Waals surface area contributed by atoms with E-state index in [1.807, 2.05) is 0 Å². The van der Waals surface area contributed by atoms with E-state index >= 15 is 0 Å². The second kappa shape index (κ2) is 18.5. The Balaban J connectivity index is 0.00000188. The third-order valence-electron chi connectivity index (χ3n) is 8.34. The second-order valence-electron chi connectivity index (χ2n) is 16.8. The highest BCUT2D eigenvalue weighted by molar-refractivity contribution is 7.53. The van der Waals surface area contributed by atoms with E-state index in [-0.39, 0.29) is 21.7 Å². The van der Waals surface area contributed by atoms with Crippen molar-refractivity contribution in [3.8, 4) is 0 Å². The maximum Gasteiger partial charge on any atom is 0.334 e. The fourth-order valence-corrected chi connectivity index (χ4v) is 6.45. The molecule has 0 spiro atoms. The topological polar surface area (TPSA) is 232 Å². The molecule has 0 heterocycles. The van der Waals surface area contributed by atoms with Crippen LogP contribution in [-0.4, -0.2) is 74.5 Å². The molecule has 11 N–H and O–H groups in total. The van der Waals surface area contributed by atoms with Gasteiger partial charge in [-0.3, -0.25) is 0 Å². The van der Waals surface area contributed by atoms with Crippen LogP contribution in [0.3, 0.4) is 0 Å². The molecular weight excluding hydrogens is 705 g/mol. The maximum absolute atomic E-state index is 13.7. The Morgan fingerprint density at radius 3 is 0.800 bits per heavy atom. The van der Waals surface area contributed by atoms with E-state index in [0.29, 0.717) is 11.1 Å². The summed E-state index contributed by atoms with van der Waals surface area (Å²) in [5.41, 5.74) is 2.15. The number of benzene rings is 2. The summed E-state index contributed by atoms with van der Waals surface area (Å²) >= 11 is 0. The lowest BCUT2D eigenvalue weighted by atomic mass is 9.56. The average Bonchev–Trinajstić information content (AvgIpc) is 2.90. The molecule has 0 unspecified atom stereocenters. The van der Waals surface area contributed by atoms with Crippen LogP contribution in [0.1, 0.15) is 128 Å². The molecule has 50 heavy (non-hydrogen) atoms. The second-order valence-corrected chi connectivity index (χ2v) is 19.0. The van der Waals surface area contributed by atoms with Crippen molar-refractivity contribution < 1.29 is 59.0 Å². The van der Waals surface area contributed by atoms with E-state index in [9.17, 15) is 20.4 Å². The van der Waals surface area contributed by atoms with Crippen molar-refractivity contribution >= 4 is 25.8 Å². The molecular formula is C35H63O12P3. The van der Waals surface area contributed by atoms with Gasteiger partial charge in [0, 0.05) is 0 Å². The minimum atomic E-state index is -2.62. The van der Waals surface area contributed by atoms with Crippen molar-refractivity contribution in [2.24, 2.45) is 5.41 Å². The molecule has 12 nitrogen and oxygen atoms in total. The summed E-state index contributed by atoms with van der Waals surface area (Å²) in [5.74, 6) is 0. The highest BCUT2D eigenvalue weighted by Crippen LogP contribution is 2.55. The van der Waals surface area contributed by atoms with E-state index in [1.165, 1.54) is 0 Å². The van der Waals surface area contributed by atoms with E-state index in [2.05, 4.69) is 126 Å². The predicted octanol–water partition coefficient (Wildman–Crippen LogP) is 5.31. The van der Waals surface area contributed by atoms with Gasteiger partial charge in [0.25, 0.3) is 0 Å². The molecule has 0 amide bonds. The molecule has 0 radical (unpaired) electrons. The molecule has 0 aliphatic carbocycles. The van der Waals surface area contributed by atoms with Crippen molar-refractivity contribution in [2.45, 2.75) is 124 Å². The van der Waals surface area contributed by atoms with Gasteiger partial charge < -0.3 is 54.7 Å². The van der Waals surface area contributed by atoms with E-state index < -0.39 is 56.6 Å². The number of hydrogen-bond donors (Lipinski definition) is 11. The van der Waals surface area contributed by atoms with Crippen LogP contribution in [0.4, 0.5) is 0 Å². The van der Waals surface area contributed by atoms with Gasteiger partial charge in [0.2, 0.25) is 0 Å². The summed E-state index contributed by atoms with van der Waals surface area (Å²) in [6.07, 6.45) is 0. The summed E-state index contributed by atoms with van der Waals surface area (Å²) in [6, 6.07) is 8.48. The molecule has 0 fully saturated rings. The molecule has 0 saturated carbocycles. The van der Waals surface area contributed by atoms with Crippen LogP contribution in [0.15, 0.2) is 24.3 Å². The van der Waals surface area contributed by atoms with E-state index in [1.54, 1.807) is 0 Å². The molecule has 0 aromatic heterocycles. The summed E-state index contributed by atoms with van der Waals surface area (Å²) < 4.78 is 3.60. The molecule has 2 rings (SSSR count).